The Morgan fingerprint density at radius 1 is 1.03 bits per heavy atom. The van der Waals surface area contributed by atoms with Gasteiger partial charge in [0.2, 0.25) is 11.8 Å². The fourth-order valence-electron chi connectivity index (χ4n) is 3.07. The summed E-state index contributed by atoms with van der Waals surface area (Å²) in [5, 5.41) is 15.8. The largest absolute Gasteiger partial charge is 0.480 e. The molecular formula is C21H30N4O4. The molecule has 0 fully saturated rings. The lowest BCUT2D eigenvalue weighted by atomic mass is 9.99. The van der Waals surface area contributed by atoms with Crippen molar-refractivity contribution >= 4 is 28.7 Å². The predicted octanol–water partition coefficient (Wildman–Crippen LogP) is 1.40. The second-order valence-electron chi connectivity index (χ2n) is 7.96. The van der Waals surface area contributed by atoms with Crippen molar-refractivity contribution in [1.82, 2.24) is 15.6 Å². The van der Waals surface area contributed by atoms with Gasteiger partial charge in [-0.15, -0.1) is 0 Å². The summed E-state index contributed by atoms with van der Waals surface area (Å²) in [5.74, 6) is -2.44. The molecule has 0 aliphatic carbocycles. The van der Waals surface area contributed by atoms with Crippen LogP contribution in [-0.4, -0.2) is 46.0 Å². The summed E-state index contributed by atoms with van der Waals surface area (Å²) in [6.07, 6.45) is 1.87. The van der Waals surface area contributed by atoms with Gasteiger partial charge in [-0.05, 0) is 23.5 Å². The number of nitrogens with two attached hydrogens (primary N) is 1. The second-order valence-corrected chi connectivity index (χ2v) is 7.96. The molecule has 8 heteroatoms. The van der Waals surface area contributed by atoms with Crippen LogP contribution in [0, 0.1) is 11.8 Å². The molecule has 1 heterocycles. The molecule has 0 saturated heterocycles. The molecule has 2 amide bonds. The van der Waals surface area contributed by atoms with Gasteiger partial charge in [0.15, 0.2) is 0 Å². The number of carboxylic acids is 1. The fourth-order valence-corrected chi connectivity index (χ4v) is 3.07. The number of aromatic nitrogens is 1. The minimum Gasteiger partial charge on any atom is -0.480 e. The van der Waals surface area contributed by atoms with Crippen molar-refractivity contribution in [3.05, 3.63) is 36.0 Å². The monoisotopic (exact) mass is 402 g/mol. The number of carbonyl (C=O) groups is 3. The zero-order chi connectivity index (χ0) is 21.7. The number of amides is 2. The van der Waals surface area contributed by atoms with Crippen molar-refractivity contribution in [2.75, 3.05) is 0 Å². The van der Waals surface area contributed by atoms with E-state index in [1.807, 2.05) is 38.1 Å². The number of nitrogens with one attached hydrogen (secondary N) is 3. The van der Waals surface area contributed by atoms with Crippen LogP contribution in [0.4, 0.5) is 0 Å². The molecule has 0 aliphatic heterocycles. The van der Waals surface area contributed by atoms with Crippen LogP contribution in [0.2, 0.25) is 0 Å². The van der Waals surface area contributed by atoms with E-state index in [1.165, 1.54) is 0 Å². The molecule has 2 rings (SSSR count). The van der Waals surface area contributed by atoms with Crippen LogP contribution < -0.4 is 16.4 Å². The molecule has 29 heavy (non-hydrogen) atoms. The summed E-state index contributed by atoms with van der Waals surface area (Å²) in [6.45, 7) is 7.19. The zero-order valence-electron chi connectivity index (χ0n) is 17.2. The second kappa shape index (κ2) is 9.56. The first-order valence-corrected chi connectivity index (χ1v) is 9.76. The lowest BCUT2D eigenvalue weighted by Crippen LogP contribution is -2.57. The summed E-state index contributed by atoms with van der Waals surface area (Å²) >= 11 is 0. The molecule has 6 N–H and O–H groups in total. The van der Waals surface area contributed by atoms with Crippen LogP contribution in [0.3, 0.4) is 0 Å². The van der Waals surface area contributed by atoms with Crippen molar-refractivity contribution in [3.63, 3.8) is 0 Å². The van der Waals surface area contributed by atoms with E-state index < -0.39 is 35.9 Å². The highest BCUT2D eigenvalue weighted by Gasteiger charge is 2.30. The highest BCUT2D eigenvalue weighted by Crippen LogP contribution is 2.19. The molecular weight excluding hydrogens is 372 g/mol. The molecule has 0 bridgehead atoms. The molecule has 0 unspecified atom stereocenters. The third kappa shape index (κ3) is 5.57. The van der Waals surface area contributed by atoms with E-state index >= 15 is 0 Å². The van der Waals surface area contributed by atoms with Crippen LogP contribution in [0.15, 0.2) is 30.5 Å². The number of fused-ring (bicyclic) bond motifs is 1. The number of carboxylic acid groups (broad SMARTS) is 1. The Kier molecular flexibility index (Phi) is 7.39. The Labute approximate surface area is 170 Å². The minimum absolute atomic E-state index is 0.0838. The predicted molar refractivity (Wildman–Crippen MR) is 111 cm³/mol. The zero-order valence-corrected chi connectivity index (χ0v) is 17.2. The normalized spacial score (nSPS) is 14.6. The van der Waals surface area contributed by atoms with Crippen molar-refractivity contribution in [3.8, 4) is 0 Å². The maximum atomic E-state index is 12.8. The number of carbonyl (C=O) groups excluding carboxylic acids is 2. The number of hydrogen-bond donors (Lipinski definition) is 5. The van der Waals surface area contributed by atoms with Crippen LogP contribution in [-0.2, 0) is 20.8 Å². The SMILES string of the molecule is CC(C)[C@H](N)C(=O)N[C@H](C(=O)N[C@@H](Cc1c[nH]c2ccccc12)C(=O)O)C(C)C. The third-order valence-corrected chi connectivity index (χ3v) is 4.98. The maximum absolute atomic E-state index is 12.8. The van der Waals surface area contributed by atoms with Crippen molar-refractivity contribution in [2.45, 2.75) is 52.2 Å². The highest BCUT2D eigenvalue weighted by molar-refractivity contribution is 5.92. The lowest BCUT2D eigenvalue weighted by molar-refractivity contribution is -0.142. The van der Waals surface area contributed by atoms with E-state index in [0.29, 0.717) is 0 Å². The molecule has 3 atom stereocenters. The summed E-state index contributed by atoms with van der Waals surface area (Å²) < 4.78 is 0. The van der Waals surface area contributed by atoms with Gasteiger partial charge in [-0.1, -0.05) is 45.9 Å². The summed E-state index contributed by atoms with van der Waals surface area (Å²) in [4.78, 5) is 39.9. The fraction of sp³-hybridized carbons (Fsp3) is 0.476. The lowest BCUT2D eigenvalue weighted by Gasteiger charge is -2.26. The first kappa shape index (κ1) is 22.4. The van der Waals surface area contributed by atoms with Crippen LogP contribution >= 0.6 is 0 Å². The van der Waals surface area contributed by atoms with Crippen molar-refractivity contribution < 1.29 is 19.5 Å². The van der Waals surface area contributed by atoms with Crippen molar-refractivity contribution in [1.29, 1.82) is 0 Å². The molecule has 2 aromatic rings. The number of rotatable bonds is 9. The quantitative estimate of drug-likeness (QED) is 0.432. The minimum atomic E-state index is -1.14. The van der Waals surface area contributed by atoms with Gasteiger partial charge in [0.1, 0.15) is 12.1 Å². The average Bonchev–Trinajstić information content (AvgIpc) is 3.07. The van der Waals surface area contributed by atoms with Crippen LogP contribution in [0.25, 0.3) is 10.9 Å². The van der Waals surface area contributed by atoms with E-state index in [2.05, 4.69) is 15.6 Å². The number of aliphatic carboxylic acids is 1. The first-order valence-electron chi connectivity index (χ1n) is 9.76. The van der Waals surface area contributed by atoms with Gasteiger partial charge in [-0.3, -0.25) is 9.59 Å². The Morgan fingerprint density at radius 3 is 2.28 bits per heavy atom. The number of hydrogen-bond acceptors (Lipinski definition) is 4. The van der Waals surface area contributed by atoms with Gasteiger partial charge >= 0.3 is 5.97 Å². The van der Waals surface area contributed by atoms with Gasteiger partial charge in [0, 0.05) is 23.5 Å². The van der Waals surface area contributed by atoms with Gasteiger partial charge in [-0.25, -0.2) is 4.79 Å². The number of aromatic amines is 1. The summed E-state index contributed by atoms with van der Waals surface area (Å²) in [6, 6.07) is 4.80. The summed E-state index contributed by atoms with van der Waals surface area (Å²) in [7, 11) is 0. The van der Waals surface area contributed by atoms with Crippen molar-refractivity contribution in [2.24, 2.45) is 17.6 Å². The van der Waals surface area contributed by atoms with Crippen LogP contribution in [0.1, 0.15) is 33.3 Å². The molecule has 0 radical (unpaired) electrons. The van der Waals surface area contributed by atoms with Gasteiger partial charge in [0.05, 0.1) is 6.04 Å². The van der Waals surface area contributed by atoms with Gasteiger partial charge in [-0.2, -0.15) is 0 Å². The maximum Gasteiger partial charge on any atom is 0.326 e. The van der Waals surface area contributed by atoms with E-state index in [1.54, 1.807) is 20.0 Å². The van der Waals surface area contributed by atoms with E-state index in [-0.39, 0.29) is 18.3 Å². The molecule has 1 aromatic carbocycles. The molecule has 0 aliphatic rings. The molecule has 0 saturated carbocycles. The van der Waals surface area contributed by atoms with E-state index in [0.717, 1.165) is 16.5 Å². The van der Waals surface area contributed by atoms with Gasteiger partial charge < -0.3 is 26.5 Å². The molecule has 0 spiro atoms. The average molecular weight is 402 g/mol. The Hall–Kier alpha value is -2.87. The Morgan fingerprint density at radius 2 is 1.69 bits per heavy atom. The Bertz CT molecular complexity index is 874. The molecule has 8 nitrogen and oxygen atoms in total. The third-order valence-electron chi connectivity index (χ3n) is 4.98. The van der Waals surface area contributed by atoms with E-state index in [9.17, 15) is 19.5 Å². The number of H-pyrrole nitrogens is 1. The standard InChI is InChI=1S/C21H30N4O4/c1-11(2)17(22)19(26)25-18(12(3)4)20(27)24-16(21(28)29)9-13-10-23-15-8-6-5-7-14(13)15/h5-8,10-12,16-18,23H,9,22H2,1-4H3,(H,24,27)(H,25,26)(H,28,29)/t16-,17-,18-/m0/s1. The number of benzene rings is 1. The number of para-hydroxylation sites is 1. The molecule has 1 aromatic heterocycles. The Balaban J connectivity index is 2.14. The van der Waals surface area contributed by atoms with Crippen LogP contribution in [0.5, 0.6) is 0 Å². The van der Waals surface area contributed by atoms with E-state index in [4.69, 9.17) is 5.73 Å². The topological polar surface area (TPSA) is 137 Å². The smallest absolute Gasteiger partial charge is 0.326 e. The summed E-state index contributed by atoms with van der Waals surface area (Å²) in [5.41, 5.74) is 7.55. The van der Waals surface area contributed by atoms with Gasteiger partial charge in [0.25, 0.3) is 0 Å². The molecule has 158 valence electrons. The highest BCUT2D eigenvalue weighted by atomic mass is 16.4. The first-order chi connectivity index (χ1) is 13.6.